The van der Waals surface area contributed by atoms with E-state index in [1.54, 1.807) is 29.9 Å². The quantitative estimate of drug-likeness (QED) is 0.0465. The first kappa shape index (κ1) is 49.8. The van der Waals surface area contributed by atoms with Crippen LogP contribution in [-0.2, 0) is 43.4 Å². The molecule has 0 aliphatic carbocycles. The number of nitrogens with one attached hydrogen (secondary N) is 1. The van der Waals surface area contributed by atoms with Gasteiger partial charge in [-0.1, -0.05) is 23.0 Å². The lowest BCUT2D eigenvalue weighted by Gasteiger charge is -2.28. The van der Waals surface area contributed by atoms with E-state index in [2.05, 4.69) is 177 Å². The number of hydrogen-bond donors (Lipinski definition) is 3. The van der Waals surface area contributed by atoms with Gasteiger partial charge in [0.05, 0.1) is 43.4 Å². The van der Waals surface area contributed by atoms with Gasteiger partial charge < -0.3 is 14.4 Å². The number of nitrogens with zero attached hydrogens (tertiary/aromatic N) is 9. The largest absolute Gasteiger partial charge is 0.497 e. The van der Waals surface area contributed by atoms with Gasteiger partial charge in [0.25, 0.3) is 0 Å². The second-order valence-electron chi connectivity index (χ2n) is 12.0. The van der Waals surface area contributed by atoms with E-state index in [1.165, 1.54) is 16.4 Å². The number of rotatable bonds is 9. The Morgan fingerprint density at radius 3 is 2.12 bits per heavy atom. The summed E-state index contributed by atoms with van der Waals surface area (Å²) in [4.78, 5) is 41.8. The van der Waals surface area contributed by atoms with Crippen LogP contribution in [0.3, 0.4) is 0 Å². The number of hydrogen-bond acceptors (Lipinski definition) is 14. The molecule has 4 aromatic rings. The first-order valence-corrected chi connectivity index (χ1v) is 19.7. The molecule has 1 unspecified atom stereocenters. The van der Waals surface area contributed by atoms with Crippen molar-refractivity contribution in [3.63, 3.8) is 0 Å². The van der Waals surface area contributed by atoms with Gasteiger partial charge in [0.15, 0.2) is 5.65 Å². The summed E-state index contributed by atoms with van der Waals surface area (Å²) in [5, 5.41) is 20.9. The second-order valence-corrected chi connectivity index (χ2v) is 13.2. The van der Waals surface area contributed by atoms with E-state index in [0.29, 0.717) is 38.5 Å². The molecule has 1 aromatic carbocycles. The fraction of sp³-hybridized carbons (Fsp3) is 0.217. The van der Waals surface area contributed by atoms with E-state index < -0.39 is 0 Å². The summed E-state index contributed by atoms with van der Waals surface area (Å²) in [5.41, 5.74) is 8.61. The zero-order chi connectivity index (χ0) is 47.2. The topological polar surface area (TPSA) is 203 Å². The van der Waals surface area contributed by atoms with E-state index in [4.69, 9.17) is 26.7 Å². The predicted octanol–water partition coefficient (Wildman–Crippen LogP) is 5.69. The molecular formula is C46H48N10O8S2. The molecule has 1 fully saturated rings. The van der Waals surface area contributed by atoms with Gasteiger partial charge in [0, 0.05) is 72.7 Å². The number of thiophene rings is 1. The van der Waals surface area contributed by atoms with Crippen LogP contribution in [0.2, 0.25) is 0 Å². The summed E-state index contributed by atoms with van der Waals surface area (Å²) in [5.74, 6) is 52.8. The number of thiol groups is 1. The maximum absolute atomic E-state index is 13.3. The van der Waals surface area contributed by atoms with Crippen LogP contribution in [0.25, 0.3) is 15.9 Å². The Morgan fingerprint density at radius 1 is 1.00 bits per heavy atom. The number of benzene rings is 1. The number of aromatic nitrogens is 4. The van der Waals surface area contributed by atoms with Gasteiger partial charge in [0.1, 0.15) is 16.9 Å². The molecule has 6 rings (SSSR count). The van der Waals surface area contributed by atoms with E-state index >= 15 is 0 Å². The minimum absolute atomic E-state index is 0. The van der Waals surface area contributed by atoms with Crippen molar-refractivity contribution in [1.29, 1.82) is 5.53 Å². The lowest BCUT2D eigenvalue weighted by molar-refractivity contribution is -0.572. The highest BCUT2D eigenvalue weighted by Gasteiger charge is 2.32. The van der Waals surface area contributed by atoms with Crippen molar-refractivity contribution in [2.24, 2.45) is 21.6 Å². The molecule has 2 N–H and O–H groups in total. The number of amides is 1. The molecule has 66 heavy (non-hydrogen) atoms. The third kappa shape index (κ3) is 15.5. The van der Waals surface area contributed by atoms with Gasteiger partial charge in [-0.3, -0.25) is 9.36 Å². The third-order valence-electron chi connectivity index (χ3n) is 8.20. The fourth-order valence-electron chi connectivity index (χ4n) is 5.55. The molecule has 20 heteroatoms. The summed E-state index contributed by atoms with van der Waals surface area (Å²) in [7, 11) is 1.63. The SMILES string of the molecule is C#CC#CC#CC#CC#CC#CC#CC#CC#CC#CC#CC.COc1ccc(Cn2c(=O)n3ncnc3c3c4c(sc32)CN(C(=O)C2CCOC2)CC4)cc1.N=N/N=N/N(OO)OOS.[HH].[HH].[HH].[HH].[HH].[HH].[HH].[HH].[HH]. The van der Waals surface area contributed by atoms with Crippen LogP contribution in [0.5, 0.6) is 5.75 Å². The Labute approximate surface area is 401 Å². The lowest BCUT2D eigenvalue weighted by Crippen LogP contribution is -2.39. The number of carbonyl (C=O) groups is 1. The van der Waals surface area contributed by atoms with Crippen LogP contribution in [0, 0.1) is 142 Å². The first-order valence-electron chi connectivity index (χ1n) is 18.5. The molecule has 0 radical (unpaired) electrons. The van der Waals surface area contributed by atoms with Crippen molar-refractivity contribution in [1.82, 2.24) is 29.4 Å². The maximum Gasteiger partial charge on any atom is 0.352 e. The van der Waals surface area contributed by atoms with Crippen molar-refractivity contribution >= 4 is 46.0 Å². The second kappa shape index (κ2) is 28.7. The maximum atomic E-state index is 13.3. The molecule has 1 amide bonds. The summed E-state index contributed by atoms with van der Waals surface area (Å²) in [6.45, 7) is 4.49. The summed E-state index contributed by atoms with van der Waals surface area (Å²) < 4.78 is 17.5. The summed E-state index contributed by atoms with van der Waals surface area (Å²) >= 11 is 4.68. The number of fused-ring (bicyclic) bond motifs is 5. The smallest absolute Gasteiger partial charge is 0.352 e. The summed E-state index contributed by atoms with van der Waals surface area (Å²) in [6, 6.07) is 7.70. The Morgan fingerprint density at radius 2 is 1.61 bits per heavy atom. The molecule has 2 aliphatic rings. The molecule has 5 heterocycles. The Kier molecular flexibility index (Phi) is 21.6. The van der Waals surface area contributed by atoms with Crippen molar-refractivity contribution in [3.8, 4) is 137 Å². The average molecular weight is 933 g/mol. The van der Waals surface area contributed by atoms with E-state index in [-0.39, 0.29) is 35.7 Å². The molecule has 1 saturated heterocycles. The predicted molar refractivity (Wildman–Crippen MR) is 261 cm³/mol. The van der Waals surface area contributed by atoms with E-state index in [0.717, 1.165) is 39.2 Å². The molecule has 0 bridgehead atoms. The van der Waals surface area contributed by atoms with Crippen LogP contribution in [0.1, 0.15) is 42.2 Å². The minimum atomic E-state index is -0.222. The number of carbonyl (C=O) groups excluding carboxylic acids is 1. The van der Waals surface area contributed by atoms with Crippen molar-refractivity contribution in [2.45, 2.75) is 32.9 Å². The van der Waals surface area contributed by atoms with Crippen LogP contribution >= 0.6 is 24.2 Å². The van der Waals surface area contributed by atoms with Gasteiger partial charge >= 0.3 is 5.69 Å². The minimum Gasteiger partial charge on any atom is -0.497 e. The molecule has 342 valence electrons. The normalized spacial score (nSPS) is 12.0. The summed E-state index contributed by atoms with van der Waals surface area (Å²) in [6.07, 6.45) is 7.85. The zero-order valence-corrected chi connectivity index (χ0v) is 36.4. The average Bonchev–Trinajstić information content (AvgIpc) is 4.14. The Bertz CT molecular complexity index is 3270. The number of ether oxygens (including phenoxy) is 2. The van der Waals surface area contributed by atoms with Crippen LogP contribution in [0.15, 0.2) is 51.1 Å². The number of methoxy groups -OCH3 is 1. The molecule has 3 aromatic heterocycles. The van der Waals surface area contributed by atoms with Gasteiger partial charge in [-0.05, 0) is 153 Å². The lowest BCUT2D eigenvalue weighted by atomic mass is 10.0. The van der Waals surface area contributed by atoms with Gasteiger partial charge in [-0.15, -0.1) is 22.1 Å². The van der Waals surface area contributed by atoms with E-state index in [1.807, 2.05) is 29.2 Å². The molecule has 18 nitrogen and oxygen atoms in total. The standard InChI is InChI=1S/C23H23N5O4S.C23H4.H3N5O4S.9H2/c1-31-16-4-2-14(3-5-16)10-27-22-19(20-24-13-25-28(20)23(27)30)17-6-8-26(11-18(17)33-22)21(29)15-7-9-32-12-15;1-3-5-7-9-11-13-15-17-19-21-23-22-20-18-16-14-12-10-8-6-4-2;1-2-3-4-5(7-6)8-9-10;;;;;;;;;/h2-5,13,15H,6-12H2,1H3;1H,2H3;1,6,10H;9*1H/b;;2-1?,4-3+;;;;;;;;;. The van der Waals surface area contributed by atoms with E-state index in [9.17, 15) is 9.59 Å². The van der Waals surface area contributed by atoms with Crippen molar-refractivity contribution in [3.05, 3.63) is 57.1 Å². The highest BCUT2D eigenvalue weighted by Crippen LogP contribution is 2.37. The van der Waals surface area contributed by atoms with Gasteiger partial charge in [-0.2, -0.15) is 15.1 Å². The van der Waals surface area contributed by atoms with Gasteiger partial charge in [0.2, 0.25) is 5.91 Å². The Hall–Kier alpha value is -8.89. The van der Waals surface area contributed by atoms with Crippen molar-refractivity contribution in [2.75, 3.05) is 26.9 Å². The third-order valence-corrected chi connectivity index (χ3v) is 9.51. The molecule has 1 atom stereocenters. The molecule has 0 spiro atoms. The molecule has 0 saturated carbocycles. The van der Waals surface area contributed by atoms with Gasteiger partial charge in [-0.25, -0.2) is 15.0 Å². The highest BCUT2D eigenvalue weighted by molar-refractivity contribution is 7.74. The molecule has 2 aliphatic heterocycles. The number of terminal acetylenes is 1. The Balaban J connectivity index is -0.000000253. The van der Waals surface area contributed by atoms with Crippen LogP contribution < -0.4 is 10.4 Å². The van der Waals surface area contributed by atoms with Crippen molar-refractivity contribution < 1.29 is 46.7 Å². The molecular weight excluding hydrogens is 885 g/mol. The van der Waals surface area contributed by atoms with Crippen LogP contribution in [-0.4, -0.2) is 67.4 Å². The van der Waals surface area contributed by atoms with Crippen LogP contribution in [0.4, 0.5) is 0 Å². The zero-order valence-electron chi connectivity index (χ0n) is 34.7. The highest BCUT2D eigenvalue weighted by atomic mass is 32.1. The fourth-order valence-corrected chi connectivity index (χ4v) is 6.95. The first-order chi connectivity index (χ1) is 32.4. The monoisotopic (exact) mass is 932 g/mol.